The summed E-state index contributed by atoms with van der Waals surface area (Å²) >= 11 is 0.899. The molecule has 0 saturated heterocycles. The number of benzene rings is 1. The summed E-state index contributed by atoms with van der Waals surface area (Å²) in [5, 5.41) is 10.8. The van der Waals surface area contributed by atoms with Gasteiger partial charge in [0.15, 0.2) is 16.7 Å². The Balaban J connectivity index is 1.85. The maximum atomic E-state index is 13.6. The summed E-state index contributed by atoms with van der Waals surface area (Å²) in [6, 6.07) is 7.10. The first-order chi connectivity index (χ1) is 15.7. The standard InChI is InChI=1S/C23H19FN2O6S/c1-4-31-22(30)20-12(3)25-23(33-20)26-17(13-6-8-14(24)9-7-13)16(19(28)21(26)29)18(27)15-10-5-11(2)32-15/h5-10,17,28H,4H2,1-3H3. The summed E-state index contributed by atoms with van der Waals surface area (Å²) < 4.78 is 24.0. The number of carbonyl (C=O) groups excluding carboxylic acids is 3. The normalized spacial score (nSPS) is 15.9. The molecule has 0 saturated carbocycles. The molecule has 0 radical (unpaired) electrons. The smallest absolute Gasteiger partial charge is 0.350 e. The van der Waals surface area contributed by atoms with Crippen molar-refractivity contribution in [1.29, 1.82) is 0 Å². The number of anilines is 1. The quantitative estimate of drug-likeness (QED) is 0.419. The molecule has 0 spiro atoms. The van der Waals surface area contributed by atoms with E-state index in [2.05, 4.69) is 4.98 Å². The van der Waals surface area contributed by atoms with Crippen LogP contribution >= 0.6 is 11.3 Å². The van der Waals surface area contributed by atoms with Crippen molar-refractivity contribution in [2.24, 2.45) is 0 Å². The molecule has 0 bridgehead atoms. The molecule has 33 heavy (non-hydrogen) atoms. The van der Waals surface area contributed by atoms with Crippen molar-refractivity contribution >= 4 is 34.1 Å². The van der Waals surface area contributed by atoms with Gasteiger partial charge in [0.25, 0.3) is 5.91 Å². The molecule has 3 heterocycles. The fourth-order valence-corrected chi connectivity index (χ4v) is 4.54. The van der Waals surface area contributed by atoms with Gasteiger partial charge in [0.1, 0.15) is 16.5 Å². The summed E-state index contributed by atoms with van der Waals surface area (Å²) in [6.45, 7) is 5.07. The largest absolute Gasteiger partial charge is 0.503 e. The third-order valence-electron chi connectivity index (χ3n) is 5.05. The zero-order chi connectivity index (χ0) is 23.9. The average molecular weight is 470 g/mol. The van der Waals surface area contributed by atoms with Crippen molar-refractivity contribution in [2.75, 3.05) is 11.5 Å². The number of amides is 1. The molecule has 1 aromatic carbocycles. The molecule has 0 aliphatic carbocycles. The van der Waals surface area contributed by atoms with Crippen molar-refractivity contribution in [3.63, 3.8) is 0 Å². The van der Waals surface area contributed by atoms with Crippen LogP contribution in [0, 0.1) is 19.7 Å². The second kappa shape index (κ2) is 8.62. The van der Waals surface area contributed by atoms with E-state index in [4.69, 9.17) is 9.15 Å². The lowest BCUT2D eigenvalue weighted by atomic mass is 9.95. The Morgan fingerprint density at radius 3 is 2.52 bits per heavy atom. The van der Waals surface area contributed by atoms with E-state index in [1.165, 1.54) is 30.3 Å². The van der Waals surface area contributed by atoms with Gasteiger partial charge in [-0.15, -0.1) is 0 Å². The summed E-state index contributed by atoms with van der Waals surface area (Å²) in [5.74, 6) is -3.01. The zero-order valence-electron chi connectivity index (χ0n) is 17.9. The number of esters is 1. The van der Waals surface area contributed by atoms with E-state index in [0.29, 0.717) is 17.0 Å². The van der Waals surface area contributed by atoms with Crippen molar-refractivity contribution in [3.05, 3.63) is 81.2 Å². The maximum absolute atomic E-state index is 13.6. The molecule has 2 aromatic heterocycles. The second-order valence-electron chi connectivity index (χ2n) is 7.26. The lowest BCUT2D eigenvalue weighted by molar-refractivity contribution is -0.117. The van der Waals surface area contributed by atoms with Crippen LogP contribution in [-0.2, 0) is 9.53 Å². The summed E-state index contributed by atoms with van der Waals surface area (Å²) in [4.78, 5) is 44.3. The Hall–Kier alpha value is -3.79. The zero-order valence-corrected chi connectivity index (χ0v) is 18.7. The van der Waals surface area contributed by atoms with Crippen LogP contribution < -0.4 is 4.90 Å². The van der Waals surface area contributed by atoms with E-state index in [0.717, 1.165) is 16.2 Å². The molecule has 170 valence electrons. The van der Waals surface area contributed by atoms with Gasteiger partial charge in [-0.3, -0.25) is 14.5 Å². The van der Waals surface area contributed by atoms with Crippen molar-refractivity contribution < 1.29 is 33.0 Å². The summed E-state index contributed by atoms with van der Waals surface area (Å²) in [6.07, 6.45) is 0. The molecule has 0 fully saturated rings. The molecular formula is C23H19FN2O6S. The summed E-state index contributed by atoms with van der Waals surface area (Å²) in [7, 11) is 0. The minimum absolute atomic E-state index is 0.0571. The SMILES string of the molecule is CCOC(=O)c1sc(N2C(=O)C(O)=C(C(=O)c3ccc(C)o3)C2c2ccc(F)cc2)nc1C. The van der Waals surface area contributed by atoms with Crippen LogP contribution in [0.25, 0.3) is 0 Å². The number of hydrogen-bond donors (Lipinski definition) is 1. The lowest BCUT2D eigenvalue weighted by Crippen LogP contribution is -2.31. The van der Waals surface area contributed by atoms with E-state index in [9.17, 15) is 23.9 Å². The number of ketones is 1. The van der Waals surface area contributed by atoms with Crippen LogP contribution in [0.3, 0.4) is 0 Å². The van der Waals surface area contributed by atoms with Gasteiger partial charge in [-0.2, -0.15) is 0 Å². The van der Waals surface area contributed by atoms with Crippen LogP contribution in [-0.4, -0.2) is 34.4 Å². The van der Waals surface area contributed by atoms with Crippen LogP contribution in [0.1, 0.15) is 50.2 Å². The van der Waals surface area contributed by atoms with Crippen molar-refractivity contribution in [1.82, 2.24) is 4.98 Å². The number of rotatable bonds is 6. The third kappa shape index (κ3) is 3.93. The molecule has 1 aliphatic rings. The minimum atomic E-state index is -1.11. The van der Waals surface area contributed by atoms with E-state index in [1.54, 1.807) is 26.8 Å². The van der Waals surface area contributed by atoms with Crippen LogP contribution in [0.2, 0.25) is 0 Å². The maximum Gasteiger partial charge on any atom is 0.350 e. The number of halogens is 1. The number of aliphatic hydroxyl groups is 1. The lowest BCUT2D eigenvalue weighted by Gasteiger charge is -2.24. The van der Waals surface area contributed by atoms with Gasteiger partial charge >= 0.3 is 5.97 Å². The highest BCUT2D eigenvalue weighted by Crippen LogP contribution is 2.43. The predicted octanol–water partition coefficient (Wildman–Crippen LogP) is 4.45. The molecule has 1 N–H and O–H groups in total. The topological polar surface area (TPSA) is 110 Å². The molecule has 1 atom stereocenters. The fraction of sp³-hybridized carbons (Fsp3) is 0.217. The average Bonchev–Trinajstić information content (AvgIpc) is 3.45. The Morgan fingerprint density at radius 2 is 1.91 bits per heavy atom. The number of Topliss-reactive ketones (excluding diaryl/α,β-unsaturated/α-hetero) is 1. The Morgan fingerprint density at radius 1 is 1.21 bits per heavy atom. The Kier molecular flexibility index (Phi) is 5.86. The third-order valence-corrected chi connectivity index (χ3v) is 6.19. The molecule has 1 aliphatic heterocycles. The van der Waals surface area contributed by atoms with E-state index < -0.39 is 35.3 Å². The molecule has 10 heteroatoms. The molecule has 4 rings (SSSR count). The van der Waals surface area contributed by atoms with Crippen LogP contribution in [0.15, 0.2) is 52.1 Å². The van der Waals surface area contributed by atoms with Crippen molar-refractivity contribution in [2.45, 2.75) is 26.8 Å². The number of nitrogens with zero attached hydrogens (tertiary/aromatic N) is 2. The number of hydrogen-bond acceptors (Lipinski definition) is 8. The first-order valence-corrected chi connectivity index (χ1v) is 10.8. The highest BCUT2D eigenvalue weighted by molar-refractivity contribution is 7.17. The fourth-order valence-electron chi connectivity index (χ4n) is 3.56. The van der Waals surface area contributed by atoms with Gasteiger partial charge in [-0.05, 0) is 50.6 Å². The number of aliphatic hydroxyl groups excluding tert-OH is 1. The van der Waals surface area contributed by atoms with Crippen LogP contribution in [0.5, 0.6) is 0 Å². The van der Waals surface area contributed by atoms with Gasteiger partial charge < -0.3 is 14.3 Å². The summed E-state index contributed by atoms with van der Waals surface area (Å²) in [5.41, 5.74) is 0.470. The molecule has 8 nitrogen and oxygen atoms in total. The second-order valence-corrected chi connectivity index (χ2v) is 8.24. The van der Waals surface area contributed by atoms with Crippen molar-refractivity contribution in [3.8, 4) is 0 Å². The Labute approximate surface area is 191 Å². The number of furan rings is 1. The molecule has 3 aromatic rings. The number of aryl methyl sites for hydroxylation is 2. The van der Waals surface area contributed by atoms with E-state index >= 15 is 0 Å². The number of carbonyl (C=O) groups is 3. The van der Waals surface area contributed by atoms with Gasteiger partial charge in [0, 0.05) is 0 Å². The van der Waals surface area contributed by atoms with Gasteiger partial charge in [-0.25, -0.2) is 14.2 Å². The van der Waals surface area contributed by atoms with Crippen LogP contribution in [0.4, 0.5) is 9.52 Å². The monoisotopic (exact) mass is 470 g/mol. The molecular weight excluding hydrogens is 451 g/mol. The van der Waals surface area contributed by atoms with Gasteiger partial charge in [0.05, 0.1) is 23.9 Å². The number of ether oxygens (including phenoxy) is 1. The molecule has 1 unspecified atom stereocenters. The number of thiazole rings is 1. The van der Waals surface area contributed by atoms with E-state index in [1.807, 2.05) is 0 Å². The Bertz CT molecular complexity index is 1290. The van der Waals surface area contributed by atoms with Gasteiger partial charge in [-0.1, -0.05) is 23.5 Å². The predicted molar refractivity (Wildman–Crippen MR) is 117 cm³/mol. The highest BCUT2D eigenvalue weighted by atomic mass is 32.1. The first kappa shape index (κ1) is 22.4. The first-order valence-electron chi connectivity index (χ1n) is 10.0. The highest BCUT2D eigenvalue weighted by Gasteiger charge is 2.46. The number of aromatic nitrogens is 1. The minimum Gasteiger partial charge on any atom is -0.503 e. The van der Waals surface area contributed by atoms with Gasteiger partial charge in [0.2, 0.25) is 5.78 Å². The molecule has 1 amide bonds. The van der Waals surface area contributed by atoms with E-state index in [-0.39, 0.29) is 27.9 Å².